The molecule has 0 amide bonds. The molecular formula is C14H13N7. The number of anilines is 5. The average molecular weight is 279 g/mol. The van der Waals surface area contributed by atoms with Crippen LogP contribution in [0.15, 0.2) is 55.0 Å². The van der Waals surface area contributed by atoms with Crippen molar-refractivity contribution in [1.29, 1.82) is 0 Å². The first-order valence-electron chi connectivity index (χ1n) is 6.29. The summed E-state index contributed by atoms with van der Waals surface area (Å²) in [5.74, 6) is 1.89. The number of nitrogens with zero attached hydrogens (tertiary/aromatic N) is 4. The van der Waals surface area contributed by atoms with E-state index in [1.165, 1.54) is 0 Å². The van der Waals surface area contributed by atoms with Gasteiger partial charge in [0.25, 0.3) is 0 Å². The lowest BCUT2D eigenvalue weighted by Crippen LogP contribution is -2.04. The largest absolute Gasteiger partial charge is 0.368 e. The summed E-state index contributed by atoms with van der Waals surface area (Å²) < 4.78 is 0. The van der Waals surface area contributed by atoms with Crippen LogP contribution in [0, 0.1) is 0 Å². The number of nitrogens with one attached hydrogen (secondary N) is 2. The van der Waals surface area contributed by atoms with Crippen molar-refractivity contribution in [2.24, 2.45) is 0 Å². The van der Waals surface area contributed by atoms with E-state index in [4.69, 9.17) is 5.73 Å². The molecule has 3 aromatic rings. The summed E-state index contributed by atoms with van der Waals surface area (Å²) >= 11 is 0. The molecule has 0 radical (unpaired) electrons. The van der Waals surface area contributed by atoms with Crippen LogP contribution in [0.3, 0.4) is 0 Å². The molecule has 0 aliphatic carbocycles. The minimum Gasteiger partial charge on any atom is -0.368 e. The van der Waals surface area contributed by atoms with Crippen molar-refractivity contribution in [1.82, 2.24) is 19.9 Å². The zero-order chi connectivity index (χ0) is 14.5. The Morgan fingerprint density at radius 1 is 0.857 bits per heavy atom. The highest BCUT2D eigenvalue weighted by atomic mass is 15.1. The predicted octanol–water partition coefficient (Wildman–Crippen LogP) is 2.34. The molecule has 0 unspecified atom stereocenters. The Hall–Kier alpha value is -3.22. The highest BCUT2D eigenvalue weighted by Crippen LogP contribution is 2.19. The zero-order valence-corrected chi connectivity index (χ0v) is 11.1. The van der Waals surface area contributed by atoms with Crippen LogP contribution in [0.5, 0.6) is 0 Å². The summed E-state index contributed by atoms with van der Waals surface area (Å²) in [6, 6.07) is 11.4. The van der Waals surface area contributed by atoms with Crippen LogP contribution in [-0.2, 0) is 0 Å². The highest BCUT2D eigenvalue weighted by molar-refractivity contribution is 5.62. The Labute approximate surface area is 121 Å². The summed E-state index contributed by atoms with van der Waals surface area (Å²) in [5.41, 5.74) is 6.65. The van der Waals surface area contributed by atoms with E-state index in [0.29, 0.717) is 17.5 Å². The van der Waals surface area contributed by atoms with Gasteiger partial charge in [0.1, 0.15) is 17.5 Å². The number of hydrogen-bond donors (Lipinski definition) is 3. The molecule has 1 aromatic carbocycles. The molecule has 2 aromatic heterocycles. The van der Waals surface area contributed by atoms with Crippen LogP contribution in [0.25, 0.3) is 0 Å². The smallest absolute Gasteiger partial charge is 0.223 e. The number of nitrogen functional groups attached to an aromatic ring is 1. The predicted molar refractivity (Wildman–Crippen MR) is 81.5 cm³/mol. The summed E-state index contributed by atoms with van der Waals surface area (Å²) in [7, 11) is 0. The van der Waals surface area contributed by atoms with Crippen molar-refractivity contribution in [2.75, 3.05) is 16.4 Å². The lowest BCUT2D eigenvalue weighted by molar-refractivity contribution is 1.15. The van der Waals surface area contributed by atoms with Crippen molar-refractivity contribution in [2.45, 2.75) is 0 Å². The van der Waals surface area contributed by atoms with Crippen molar-refractivity contribution in [3.8, 4) is 0 Å². The fraction of sp³-hybridized carbons (Fsp3) is 0. The van der Waals surface area contributed by atoms with E-state index in [9.17, 15) is 0 Å². The highest BCUT2D eigenvalue weighted by Gasteiger charge is 2.04. The molecule has 0 aliphatic rings. The number of hydrogen-bond acceptors (Lipinski definition) is 7. The standard InChI is InChI=1S/C14H13N7/c15-14-20-11(18-10-4-2-1-3-5-10)8-12(21-14)19-13-9-16-6-7-17-13/h1-9H,(H4,15,17,18,19,20,21). The molecule has 0 aliphatic heterocycles. The van der Waals surface area contributed by atoms with E-state index >= 15 is 0 Å². The Balaban J connectivity index is 1.83. The second kappa shape index (κ2) is 5.83. The molecule has 21 heavy (non-hydrogen) atoms. The summed E-state index contributed by atoms with van der Waals surface area (Å²) in [6.07, 6.45) is 4.79. The van der Waals surface area contributed by atoms with Gasteiger partial charge in [0.05, 0.1) is 6.20 Å². The van der Waals surface area contributed by atoms with Gasteiger partial charge in [0.2, 0.25) is 5.95 Å². The van der Waals surface area contributed by atoms with Crippen molar-refractivity contribution in [3.63, 3.8) is 0 Å². The molecule has 0 bridgehead atoms. The molecular weight excluding hydrogens is 266 g/mol. The maximum absolute atomic E-state index is 5.73. The molecule has 7 nitrogen and oxygen atoms in total. The number of aromatic nitrogens is 4. The lowest BCUT2D eigenvalue weighted by atomic mass is 10.3. The molecule has 4 N–H and O–H groups in total. The minimum absolute atomic E-state index is 0.169. The number of benzene rings is 1. The SMILES string of the molecule is Nc1nc(Nc2ccccc2)cc(Nc2cnccn2)n1. The summed E-state index contributed by atoms with van der Waals surface area (Å²) in [6.45, 7) is 0. The Bertz CT molecular complexity index is 656. The molecule has 104 valence electrons. The quantitative estimate of drug-likeness (QED) is 0.673. The van der Waals surface area contributed by atoms with E-state index in [0.717, 1.165) is 5.69 Å². The van der Waals surface area contributed by atoms with Crippen LogP contribution in [-0.4, -0.2) is 19.9 Å². The van der Waals surface area contributed by atoms with E-state index in [2.05, 4.69) is 30.6 Å². The van der Waals surface area contributed by atoms with Gasteiger partial charge >= 0.3 is 0 Å². The van der Waals surface area contributed by atoms with Crippen molar-refractivity contribution in [3.05, 3.63) is 55.0 Å². The van der Waals surface area contributed by atoms with Crippen molar-refractivity contribution < 1.29 is 0 Å². The second-order valence-corrected chi connectivity index (χ2v) is 4.20. The summed E-state index contributed by atoms with van der Waals surface area (Å²) in [4.78, 5) is 16.4. The van der Waals surface area contributed by atoms with Gasteiger partial charge in [-0.05, 0) is 12.1 Å². The number of nitrogens with two attached hydrogens (primary N) is 1. The van der Waals surface area contributed by atoms with Gasteiger partial charge in [-0.2, -0.15) is 9.97 Å². The van der Waals surface area contributed by atoms with E-state index in [-0.39, 0.29) is 5.95 Å². The van der Waals surface area contributed by atoms with Gasteiger partial charge in [0.15, 0.2) is 0 Å². The van der Waals surface area contributed by atoms with Gasteiger partial charge in [-0.15, -0.1) is 0 Å². The third kappa shape index (κ3) is 3.41. The topological polar surface area (TPSA) is 102 Å². The first kappa shape index (κ1) is 12.8. The average Bonchev–Trinajstić information content (AvgIpc) is 2.48. The Morgan fingerprint density at radius 2 is 1.62 bits per heavy atom. The monoisotopic (exact) mass is 279 g/mol. The molecule has 3 rings (SSSR count). The first-order valence-corrected chi connectivity index (χ1v) is 6.29. The van der Waals surface area contributed by atoms with Crippen molar-refractivity contribution >= 4 is 29.1 Å². The van der Waals surface area contributed by atoms with Crippen LogP contribution < -0.4 is 16.4 Å². The van der Waals surface area contributed by atoms with Crippen LogP contribution in [0.1, 0.15) is 0 Å². The molecule has 0 saturated carbocycles. The van der Waals surface area contributed by atoms with E-state index in [1.807, 2.05) is 30.3 Å². The Morgan fingerprint density at radius 3 is 2.33 bits per heavy atom. The maximum atomic E-state index is 5.73. The number of rotatable bonds is 4. The molecule has 0 fully saturated rings. The molecule has 2 heterocycles. The van der Waals surface area contributed by atoms with Gasteiger partial charge < -0.3 is 16.4 Å². The van der Waals surface area contributed by atoms with Crippen LogP contribution in [0.2, 0.25) is 0 Å². The lowest BCUT2D eigenvalue weighted by Gasteiger charge is -2.09. The normalized spacial score (nSPS) is 10.1. The first-order chi connectivity index (χ1) is 10.3. The van der Waals surface area contributed by atoms with E-state index < -0.39 is 0 Å². The summed E-state index contributed by atoms with van der Waals surface area (Å²) in [5, 5.41) is 6.19. The molecule has 0 spiro atoms. The number of para-hydroxylation sites is 1. The van der Waals surface area contributed by atoms with Gasteiger partial charge in [-0.3, -0.25) is 4.98 Å². The fourth-order valence-corrected chi connectivity index (χ4v) is 1.76. The van der Waals surface area contributed by atoms with E-state index in [1.54, 1.807) is 24.7 Å². The third-order valence-electron chi connectivity index (χ3n) is 2.61. The van der Waals surface area contributed by atoms with Gasteiger partial charge in [-0.1, -0.05) is 18.2 Å². The van der Waals surface area contributed by atoms with Gasteiger partial charge in [-0.25, -0.2) is 4.98 Å². The van der Waals surface area contributed by atoms with Crippen LogP contribution in [0.4, 0.5) is 29.1 Å². The molecule has 7 heteroatoms. The van der Waals surface area contributed by atoms with Gasteiger partial charge in [0, 0.05) is 24.1 Å². The fourth-order valence-electron chi connectivity index (χ4n) is 1.76. The molecule has 0 saturated heterocycles. The third-order valence-corrected chi connectivity index (χ3v) is 2.61. The minimum atomic E-state index is 0.169. The Kier molecular flexibility index (Phi) is 3.55. The molecule has 0 atom stereocenters. The van der Waals surface area contributed by atoms with Crippen LogP contribution >= 0.6 is 0 Å². The maximum Gasteiger partial charge on any atom is 0.223 e. The zero-order valence-electron chi connectivity index (χ0n) is 11.1. The second-order valence-electron chi connectivity index (χ2n) is 4.20.